The van der Waals surface area contributed by atoms with Crippen molar-refractivity contribution in [3.05, 3.63) is 97.1 Å². The van der Waals surface area contributed by atoms with Crippen LogP contribution >= 0.6 is 23.2 Å². The molecule has 9 nitrogen and oxygen atoms in total. The van der Waals surface area contributed by atoms with Crippen molar-refractivity contribution in [2.75, 3.05) is 52.9 Å². The van der Waals surface area contributed by atoms with Gasteiger partial charge >= 0.3 is 11.9 Å². The number of rotatable bonds is 30. The molecule has 1 saturated heterocycles. The van der Waals surface area contributed by atoms with Crippen LogP contribution in [0.15, 0.2) is 97.1 Å². The van der Waals surface area contributed by atoms with Crippen molar-refractivity contribution in [2.24, 2.45) is 17.3 Å². The van der Waals surface area contributed by atoms with Gasteiger partial charge in [0.05, 0.1) is 45.1 Å². The molecule has 4 atom stereocenters. The van der Waals surface area contributed by atoms with Crippen LogP contribution in [-0.2, 0) is 23.8 Å². The number of esters is 2. The molecule has 0 aromatic heterocycles. The largest absolute Gasteiger partial charge is 0.494 e. The Kier molecular flexibility index (Phi) is 21.8. The molecule has 1 aliphatic rings. The van der Waals surface area contributed by atoms with Crippen LogP contribution in [0, 0.1) is 17.3 Å². The van der Waals surface area contributed by atoms with Crippen LogP contribution in [0.4, 0.5) is 0 Å². The van der Waals surface area contributed by atoms with E-state index in [9.17, 15) is 9.59 Å². The van der Waals surface area contributed by atoms with Crippen LogP contribution in [0.1, 0.15) is 91.9 Å². The molecular formula is C53H68Cl2O9. The fourth-order valence-electron chi connectivity index (χ4n) is 7.02. The maximum atomic E-state index is 12.3. The summed E-state index contributed by atoms with van der Waals surface area (Å²) in [5.74, 6) is 1.95. The lowest BCUT2D eigenvalue weighted by Gasteiger charge is -2.40. The van der Waals surface area contributed by atoms with Crippen molar-refractivity contribution in [2.45, 2.75) is 103 Å². The van der Waals surface area contributed by atoms with Gasteiger partial charge in [0.25, 0.3) is 0 Å². The van der Waals surface area contributed by atoms with Gasteiger partial charge in [-0.25, -0.2) is 0 Å². The normalized spacial score (nSPS) is 15.0. The second kappa shape index (κ2) is 27.4. The van der Waals surface area contributed by atoms with Gasteiger partial charge in [-0.2, -0.15) is 0 Å². The fourth-order valence-corrected chi connectivity index (χ4v) is 7.46. The molecule has 4 aromatic rings. The number of hydrogen-bond donors (Lipinski definition) is 0. The van der Waals surface area contributed by atoms with E-state index in [1.807, 2.05) is 100 Å². The zero-order valence-electron chi connectivity index (χ0n) is 38.2. The molecule has 4 aromatic carbocycles. The number of hydrogen-bond acceptors (Lipinski definition) is 9. The summed E-state index contributed by atoms with van der Waals surface area (Å²) in [6, 6.07) is 31.0. The van der Waals surface area contributed by atoms with E-state index in [1.165, 1.54) is 0 Å². The van der Waals surface area contributed by atoms with E-state index in [1.54, 1.807) is 24.3 Å². The molecule has 11 heteroatoms. The average Bonchev–Trinajstić information content (AvgIpc) is 3.31. The lowest BCUT2D eigenvalue weighted by atomic mass is 9.88. The number of unbranched alkanes of at least 4 members (excludes halogenated alkanes) is 6. The van der Waals surface area contributed by atoms with Crippen molar-refractivity contribution in [1.82, 2.24) is 0 Å². The van der Waals surface area contributed by atoms with Crippen LogP contribution in [0.3, 0.4) is 0 Å². The Morgan fingerprint density at radius 3 is 1.11 bits per heavy atom. The minimum absolute atomic E-state index is 0.0220. The number of carbonyl (C=O) groups excluding carboxylic acids is 2. The van der Waals surface area contributed by atoms with Gasteiger partial charge in [-0.05, 0) is 121 Å². The molecule has 64 heavy (non-hydrogen) atoms. The molecule has 1 aliphatic heterocycles. The van der Waals surface area contributed by atoms with Crippen LogP contribution in [0.5, 0.6) is 23.0 Å². The number of carbonyl (C=O) groups is 2. The van der Waals surface area contributed by atoms with E-state index < -0.39 is 22.7 Å². The van der Waals surface area contributed by atoms with Crippen molar-refractivity contribution in [1.29, 1.82) is 0 Å². The van der Waals surface area contributed by atoms with Gasteiger partial charge in [0.15, 0.2) is 0 Å². The van der Waals surface area contributed by atoms with Gasteiger partial charge in [0.2, 0.25) is 0 Å². The monoisotopic (exact) mass is 918 g/mol. The Bertz CT molecular complexity index is 1800. The lowest BCUT2D eigenvalue weighted by Crippen LogP contribution is -2.49. The van der Waals surface area contributed by atoms with E-state index in [4.69, 9.17) is 56.4 Å². The molecule has 348 valence electrons. The highest BCUT2D eigenvalue weighted by Gasteiger charge is 2.39. The van der Waals surface area contributed by atoms with E-state index >= 15 is 0 Å². The number of ether oxygens (including phenoxy) is 7. The average molecular weight is 920 g/mol. The summed E-state index contributed by atoms with van der Waals surface area (Å²) in [6.45, 7) is 13.5. The van der Waals surface area contributed by atoms with E-state index in [0.29, 0.717) is 51.1 Å². The maximum absolute atomic E-state index is 12.3. The topological polar surface area (TPSA) is 98.8 Å². The molecule has 0 aliphatic carbocycles. The third kappa shape index (κ3) is 16.7. The van der Waals surface area contributed by atoms with Crippen LogP contribution in [-0.4, -0.2) is 75.5 Å². The predicted octanol–water partition coefficient (Wildman–Crippen LogP) is 12.8. The van der Waals surface area contributed by atoms with Crippen molar-refractivity contribution in [3.8, 4) is 45.3 Å². The molecule has 0 radical (unpaired) electrons. The lowest BCUT2D eigenvalue weighted by molar-refractivity contribution is -0.178. The number of alkyl halides is 2. The van der Waals surface area contributed by atoms with Crippen LogP contribution in [0.2, 0.25) is 0 Å². The summed E-state index contributed by atoms with van der Waals surface area (Å²) in [6.07, 6.45) is 10.0. The minimum Gasteiger partial charge on any atom is -0.494 e. The van der Waals surface area contributed by atoms with Crippen LogP contribution in [0.25, 0.3) is 22.3 Å². The number of halogens is 2. The number of benzene rings is 4. The first-order valence-electron chi connectivity index (χ1n) is 23.2. The highest BCUT2D eigenvalue weighted by atomic mass is 35.5. The minimum atomic E-state index is -0.657. The van der Waals surface area contributed by atoms with Gasteiger partial charge in [-0.1, -0.05) is 102 Å². The van der Waals surface area contributed by atoms with Crippen molar-refractivity contribution >= 4 is 35.1 Å². The molecule has 0 saturated carbocycles. The molecule has 5 rings (SSSR count). The fraction of sp³-hybridized carbons (Fsp3) is 0.509. The Balaban J connectivity index is 0.838. The third-order valence-electron chi connectivity index (χ3n) is 11.8. The second-order valence-corrected chi connectivity index (χ2v) is 18.1. The molecule has 0 bridgehead atoms. The summed E-state index contributed by atoms with van der Waals surface area (Å²) in [4.78, 5) is 24.6. The molecule has 1 fully saturated rings. The van der Waals surface area contributed by atoms with Gasteiger partial charge in [0.1, 0.15) is 33.8 Å². The van der Waals surface area contributed by atoms with Gasteiger partial charge < -0.3 is 33.2 Å². The third-order valence-corrected chi connectivity index (χ3v) is 13.0. The zero-order valence-corrected chi connectivity index (χ0v) is 39.7. The quantitative estimate of drug-likeness (QED) is 0.0219. The van der Waals surface area contributed by atoms with Crippen LogP contribution < -0.4 is 18.9 Å². The van der Waals surface area contributed by atoms with E-state index in [0.717, 1.165) is 111 Å². The SMILES string of the molecule is CC[C@H](C)[C@H](Cl)C(=O)Oc1ccc(-c2ccc(OCCCCCCOCC3(COCCCCCCOc4ccc(-c5ccc(OC(=O)[C@@H](Cl)[C@@H](C)CC)cc5)cc4)COC3)cc2)cc1. The Morgan fingerprint density at radius 2 is 0.812 bits per heavy atom. The Hall–Kier alpha value is -4.12. The second-order valence-electron chi connectivity index (χ2n) is 17.1. The van der Waals surface area contributed by atoms with Crippen molar-refractivity contribution < 1.29 is 42.7 Å². The standard InChI is InChI=1S/C53H68Cl2O9/c1-5-39(3)49(54)51(56)63-47-27-19-43(20-28-47)41-15-23-45(24-16-41)61-33-13-9-7-11-31-58-35-53(37-60-38-53)36-59-32-12-8-10-14-34-62-46-25-17-42(18-26-46)44-21-29-48(30-22-44)64-52(57)50(55)40(4)6-2/h15-30,39-40,49-50H,5-14,31-38H2,1-4H3/t39-,40-,49-,50-/m0/s1. The molecule has 0 amide bonds. The Morgan fingerprint density at radius 1 is 0.500 bits per heavy atom. The van der Waals surface area contributed by atoms with E-state index in [-0.39, 0.29) is 17.3 Å². The first-order chi connectivity index (χ1) is 31.1. The Labute approximate surface area is 391 Å². The summed E-state index contributed by atoms with van der Waals surface area (Å²) in [7, 11) is 0. The highest BCUT2D eigenvalue weighted by molar-refractivity contribution is 6.30. The molecular weight excluding hydrogens is 851 g/mol. The first-order valence-corrected chi connectivity index (χ1v) is 24.1. The molecule has 0 spiro atoms. The smallest absolute Gasteiger partial charge is 0.329 e. The highest BCUT2D eigenvalue weighted by Crippen LogP contribution is 2.30. The van der Waals surface area contributed by atoms with Gasteiger partial charge in [0, 0.05) is 13.2 Å². The van der Waals surface area contributed by atoms with Gasteiger partial charge in [-0.3, -0.25) is 9.59 Å². The molecule has 1 heterocycles. The van der Waals surface area contributed by atoms with E-state index in [2.05, 4.69) is 0 Å². The van der Waals surface area contributed by atoms with Crippen molar-refractivity contribution in [3.63, 3.8) is 0 Å². The maximum Gasteiger partial charge on any atom is 0.329 e. The predicted molar refractivity (Wildman–Crippen MR) is 256 cm³/mol. The summed E-state index contributed by atoms with van der Waals surface area (Å²) >= 11 is 12.5. The molecule has 0 N–H and O–H groups in total. The summed E-state index contributed by atoms with van der Waals surface area (Å²) < 4.78 is 40.6. The first kappa shape index (κ1) is 50.9. The zero-order chi connectivity index (χ0) is 45.6. The summed E-state index contributed by atoms with van der Waals surface area (Å²) in [5.41, 5.74) is 4.15. The summed E-state index contributed by atoms with van der Waals surface area (Å²) in [5, 5.41) is -1.31. The molecule has 0 unspecified atom stereocenters. The van der Waals surface area contributed by atoms with Gasteiger partial charge in [-0.15, -0.1) is 23.2 Å².